The normalized spacial score (nSPS) is 11.6. The summed E-state index contributed by atoms with van der Waals surface area (Å²) in [5.41, 5.74) is 2.28. The van der Waals surface area contributed by atoms with Crippen LogP contribution in [0, 0.1) is 0 Å². The fourth-order valence-corrected chi connectivity index (χ4v) is 4.12. The van der Waals surface area contributed by atoms with Gasteiger partial charge in [-0.2, -0.15) is 0 Å². The number of sulfonamides is 1. The molecule has 0 bridgehead atoms. The summed E-state index contributed by atoms with van der Waals surface area (Å²) in [7, 11) is 0.905. The van der Waals surface area contributed by atoms with Gasteiger partial charge in [-0.1, -0.05) is 23.7 Å². The molecule has 0 spiro atoms. The average Bonchev–Trinajstić information content (AvgIpc) is 2.69. The Bertz CT molecular complexity index is 956. The van der Waals surface area contributed by atoms with E-state index in [4.69, 9.17) is 11.6 Å². The van der Waals surface area contributed by atoms with Crippen LogP contribution in [0.2, 0.25) is 5.02 Å². The quantitative estimate of drug-likeness (QED) is 0.631. The second-order valence-corrected chi connectivity index (χ2v) is 9.49. The van der Waals surface area contributed by atoms with Gasteiger partial charge in [0.1, 0.15) is 0 Å². The van der Waals surface area contributed by atoms with Crippen molar-refractivity contribution >= 4 is 33.2 Å². The molecule has 0 saturated carbocycles. The van der Waals surface area contributed by atoms with Crippen molar-refractivity contribution in [3.05, 3.63) is 58.6 Å². The highest BCUT2D eigenvalue weighted by Gasteiger charge is 2.22. The summed E-state index contributed by atoms with van der Waals surface area (Å²) in [5.74, 6) is -0.335. The molecular formula is C21H28ClN3O3S. The van der Waals surface area contributed by atoms with Gasteiger partial charge in [-0.25, -0.2) is 12.7 Å². The molecule has 0 atom stereocenters. The van der Waals surface area contributed by atoms with Gasteiger partial charge in [0, 0.05) is 46.5 Å². The summed E-state index contributed by atoms with van der Waals surface area (Å²) in [6.45, 7) is 6.46. The van der Waals surface area contributed by atoms with Gasteiger partial charge in [0.05, 0.1) is 15.5 Å². The Hall–Kier alpha value is -2.09. The lowest BCUT2D eigenvalue weighted by Gasteiger charge is -2.22. The molecule has 0 unspecified atom stereocenters. The SMILES string of the molecule is CCN(CC)c1ccc(CN(C)C(=O)c2cc(S(=O)(=O)N(C)C)ccc2Cl)cc1. The smallest absolute Gasteiger partial charge is 0.255 e. The van der Waals surface area contributed by atoms with E-state index < -0.39 is 10.0 Å². The second kappa shape index (κ2) is 9.61. The van der Waals surface area contributed by atoms with Gasteiger partial charge in [-0.05, 0) is 49.7 Å². The number of hydrogen-bond donors (Lipinski definition) is 0. The van der Waals surface area contributed by atoms with E-state index in [0.29, 0.717) is 6.54 Å². The van der Waals surface area contributed by atoms with Gasteiger partial charge in [-0.3, -0.25) is 4.79 Å². The number of carbonyl (C=O) groups is 1. The van der Waals surface area contributed by atoms with Gasteiger partial charge < -0.3 is 9.80 Å². The summed E-state index contributed by atoms with van der Waals surface area (Å²) >= 11 is 6.19. The third-order valence-electron chi connectivity index (χ3n) is 4.78. The molecule has 2 aromatic rings. The number of anilines is 1. The van der Waals surface area contributed by atoms with Gasteiger partial charge in [0.2, 0.25) is 10.0 Å². The minimum Gasteiger partial charge on any atom is -0.372 e. The molecule has 29 heavy (non-hydrogen) atoms. The van der Waals surface area contributed by atoms with Crippen molar-refractivity contribution in [1.82, 2.24) is 9.21 Å². The van der Waals surface area contributed by atoms with E-state index in [1.165, 1.54) is 37.2 Å². The summed E-state index contributed by atoms with van der Waals surface area (Å²) in [6.07, 6.45) is 0. The number of amides is 1. The molecule has 2 aromatic carbocycles. The van der Waals surface area contributed by atoms with Crippen LogP contribution in [0.4, 0.5) is 5.69 Å². The van der Waals surface area contributed by atoms with Gasteiger partial charge in [0.15, 0.2) is 0 Å². The first-order chi connectivity index (χ1) is 13.6. The molecule has 0 aliphatic heterocycles. The zero-order chi connectivity index (χ0) is 21.8. The van der Waals surface area contributed by atoms with Crippen molar-refractivity contribution in [2.75, 3.05) is 39.1 Å². The standard InChI is InChI=1S/C21H28ClN3O3S/c1-6-25(7-2)17-10-8-16(9-11-17)15-24(5)21(26)19-14-18(12-13-20(19)22)29(27,28)23(3)4/h8-14H,6-7,15H2,1-5H3. The minimum absolute atomic E-state index is 0.0345. The van der Waals surface area contributed by atoms with Crippen molar-refractivity contribution in [2.24, 2.45) is 0 Å². The Morgan fingerprint density at radius 2 is 1.55 bits per heavy atom. The third-order valence-corrected chi connectivity index (χ3v) is 6.92. The number of benzene rings is 2. The Morgan fingerprint density at radius 3 is 2.07 bits per heavy atom. The highest BCUT2D eigenvalue weighted by atomic mass is 35.5. The monoisotopic (exact) mass is 437 g/mol. The van der Waals surface area contributed by atoms with E-state index in [0.717, 1.165) is 28.6 Å². The third kappa shape index (κ3) is 5.29. The van der Waals surface area contributed by atoms with Crippen LogP contribution in [0.3, 0.4) is 0 Å². The molecule has 8 heteroatoms. The Labute approximate surface area is 178 Å². The van der Waals surface area contributed by atoms with Gasteiger partial charge >= 0.3 is 0 Å². The van der Waals surface area contributed by atoms with Crippen LogP contribution in [0.5, 0.6) is 0 Å². The number of halogens is 1. The van der Waals surface area contributed by atoms with Gasteiger partial charge in [-0.15, -0.1) is 0 Å². The summed E-state index contributed by atoms with van der Waals surface area (Å²) in [6, 6.07) is 12.2. The van der Waals surface area contributed by atoms with E-state index in [2.05, 4.69) is 18.7 Å². The van der Waals surface area contributed by atoms with Gasteiger partial charge in [0.25, 0.3) is 5.91 Å². The van der Waals surface area contributed by atoms with Crippen LogP contribution in [-0.2, 0) is 16.6 Å². The molecule has 6 nitrogen and oxygen atoms in total. The maximum atomic E-state index is 12.9. The van der Waals surface area contributed by atoms with Crippen LogP contribution in [-0.4, -0.2) is 57.8 Å². The first kappa shape index (κ1) is 23.2. The van der Waals surface area contributed by atoms with Crippen molar-refractivity contribution in [3.63, 3.8) is 0 Å². The Morgan fingerprint density at radius 1 is 0.966 bits per heavy atom. The Kier molecular flexibility index (Phi) is 7.68. The van der Waals surface area contributed by atoms with E-state index >= 15 is 0 Å². The van der Waals surface area contributed by atoms with Crippen molar-refractivity contribution < 1.29 is 13.2 Å². The molecule has 0 aromatic heterocycles. The second-order valence-electron chi connectivity index (χ2n) is 6.93. The maximum Gasteiger partial charge on any atom is 0.255 e. The molecular weight excluding hydrogens is 410 g/mol. The zero-order valence-corrected chi connectivity index (χ0v) is 19.1. The zero-order valence-electron chi connectivity index (χ0n) is 17.5. The lowest BCUT2D eigenvalue weighted by atomic mass is 10.1. The molecule has 0 fully saturated rings. The number of rotatable bonds is 8. The molecule has 0 heterocycles. The van der Waals surface area contributed by atoms with Crippen LogP contribution in [0.25, 0.3) is 0 Å². The summed E-state index contributed by atoms with van der Waals surface area (Å²) in [5, 5.41) is 0.219. The van der Waals surface area contributed by atoms with Crippen molar-refractivity contribution in [3.8, 4) is 0 Å². The lowest BCUT2D eigenvalue weighted by molar-refractivity contribution is 0.0785. The summed E-state index contributed by atoms with van der Waals surface area (Å²) in [4.78, 5) is 16.7. The molecule has 0 radical (unpaired) electrons. The van der Waals surface area contributed by atoms with E-state index in [1.54, 1.807) is 7.05 Å². The molecule has 0 aliphatic rings. The fraction of sp³-hybridized carbons (Fsp3) is 0.381. The number of carbonyl (C=O) groups excluding carboxylic acids is 1. The molecule has 0 N–H and O–H groups in total. The highest BCUT2D eigenvalue weighted by molar-refractivity contribution is 7.89. The number of hydrogen-bond acceptors (Lipinski definition) is 4. The van der Waals surface area contributed by atoms with Crippen LogP contribution >= 0.6 is 11.6 Å². The molecule has 2 rings (SSSR count). The lowest BCUT2D eigenvalue weighted by Crippen LogP contribution is -2.27. The van der Waals surface area contributed by atoms with Crippen LogP contribution in [0.1, 0.15) is 29.8 Å². The summed E-state index contributed by atoms with van der Waals surface area (Å²) < 4.78 is 25.8. The van der Waals surface area contributed by atoms with E-state index in [1.807, 2.05) is 24.3 Å². The predicted molar refractivity (Wildman–Crippen MR) is 118 cm³/mol. The first-order valence-corrected chi connectivity index (χ1v) is 11.2. The molecule has 0 aliphatic carbocycles. The maximum absolute atomic E-state index is 12.9. The largest absolute Gasteiger partial charge is 0.372 e. The van der Waals surface area contributed by atoms with E-state index in [9.17, 15) is 13.2 Å². The Balaban J connectivity index is 2.22. The number of nitrogens with zero attached hydrogens (tertiary/aromatic N) is 3. The predicted octanol–water partition coefficient (Wildman–Crippen LogP) is 3.71. The van der Waals surface area contributed by atoms with E-state index in [-0.39, 0.29) is 21.4 Å². The fourth-order valence-electron chi connectivity index (χ4n) is 2.99. The molecule has 158 valence electrons. The molecule has 0 saturated heterocycles. The topological polar surface area (TPSA) is 60.9 Å². The average molecular weight is 438 g/mol. The molecule has 1 amide bonds. The van der Waals surface area contributed by atoms with Crippen molar-refractivity contribution in [1.29, 1.82) is 0 Å². The minimum atomic E-state index is -3.65. The highest BCUT2D eigenvalue weighted by Crippen LogP contribution is 2.24. The first-order valence-electron chi connectivity index (χ1n) is 9.43. The van der Waals surface area contributed by atoms with Crippen molar-refractivity contribution in [2.45, 2.75) is 25.3 Å². The van der Waals surface area contributed by atoms with Crippen LogP contribution in [0.15, 0.2) is 47.4 Å². The van der Waals surface area contributed by atoms with Crippen LogP contribution < -0.4 is 4.90 Å².